The van der Waals surface area contributed by atoms with Crippen molar-refractivity contribution in [3.63, 3.8) is 0 Å². The fourth-order valence-electron chi connectivity index (χ4n) is 2.70. The Labute approximate surface area is 115 Å². The number of rotatable bonds is 6. The predicted octanol–water partition coefficient (Wildman–Crippen LogP) is 3.31. The van der Waals surface area contributed by atoms with Crippen LogP contribution in [0.25, 0.3) is 0 Å². The van der Waals surface area contributed by atoms with E-state index in [1.807, 2.05) is 19.2 Å². The van der Waals surface area contributed by atoms with Crippen LogP contribution in [-0.4, -0.2) is 25.8 Å². The van der Waals surface area contributed by atoms with Crippen LogP contribution < -0.4 is 5.32 Å². The summed E-state index contributed by atoms with van der Waals surface area (Å²) in [6.45, 7) is 0.905. The van der Waals surface area contributed by atoms with Gasteiger partial charge in [0, 0.05) is 12.6 Å². The van der Waals surface area contributed by atoms with Crippen LogP contribution >= 0.6 is 0 Å². The van der Waals surface area contributed by atoms with Crippen molar-refractivity contribution in [2.45, 2.75) is 50.7 Å². The van der Waals surface area contributed by atoms with E-state index in [0.29, 0.717) is 12.1 Å². The van der Waals surface area contributed by atoms with Gasteiger partial charge in [0.2, 0.25) is 0 Å². The van der Waals surface area contributed by atoms with Crippen molar-refractivity contribution < 1.29 is 9.13 Å². The fourth-order valence-corrected chi connectivity index (χ4v) is 2.70. The zero-order valence-electron chi connectivity index (χ0n) is 11.7. The average Bonchev–Trinajstić information content (AvgIpc) is 2.46. The van der Waals surface area contributed by atoms with Crippen molar-refractivity contribution in [2.75, 3.05) is 13.7 Å². The van der Waals surface area contributed by atoms with E-state index in [4.69, 9.17) is 4.74 Å². The number of likely N-dealkylation sites (N-methyl/N-ethyl adjacent to an activating group) is 1. The van der Waals surface area contributed by atoms with Crippen LogP contribution in [-0.2, 0) is 11.2 Å². The summed E-state index contributed by atoms with van der Waals surface area (Å²) in [6, 6.07) is 7.36. The molecule has 0 bridgehead atoms. The topological polar surface area (TPSA) is 21.3 Å². The zero-order chi connectivity index (χ0) is 13.5. The normalized spacial score (nSPS) is 21.3. The molecule has 1 saturated heterocycles. The molecule has 1 heterocycles. The highest BCUT2D eigenvalue weighted by molar-refractivity contribution is 5.18. The highest BCUT2D eigenvalue weighted by Crippen LogP contribution is 2.19. The first-order chi connectivity index (χ1) is 9.29. The minimum atomic E-state index is -0.100. The van der Waals surface area contributed by atoms with E-state index in [1.165, 1.54) is 25.3 Å². The molecule has 0 aliphatic carbocycles. The molecule has 0 spiro atoms. The Hall–Kier alpha value is -0.930. The first-order valence-electron chi connectivity index (χ1n) is 7.32. The molecule has 1 aliphatic rings. The molecule has 0 radical (unpaired) electrons. The number of hydrogen-bond donors (Lipinski definition) is 1. The summed E-state index contributed by atoms with van der Waals surface area (Å²) in [5, 5.41) is 3.30. The number of benzene rings is 1. The molecule has 2 unspecified atom stereocenters. The molecule has 1 fully saturated rings. The maximum Gasteiger partial charge on any atom is 0.126 e. The number of hydrogen-bond acceptors (Lipinski definition) is 2. The molecule has 2 nitrogen and oxygen atoms in total. The van der Waals surface area contributed by atoms with Gasteiger partial charge >= 0.3 is 0 Å². The Bertz CT molecular complexity index is 377. The van der Waals surface area contributed by atoms with Gasteiger partial charge in [-0.1, -0.05) is 18.2 Å². The van der Waals surface area contributed by atoms with E-state index >= 15 is 0 Å². The Morgan fingerprint density at radius 1 is 1.37 bits per heavy atom. The van der Waals surface area contributed by atoms with Gasteiger partial charge in [-0.2, -0.15) is 0 Å². The van der Waals surface area contributed by atoms with Crippen molar-refractivity contribution >= 4 is 0 Å². The minimum absolute atomic E-state index is 0.100. The number of halogens is 1. The highest BCUT2D eigenvalue weighted by Gasteiger charge is 2.17. The van der Waals surface area contributed by atoms with Gasteiger partial charge in [-0.3, -0.25) is 0 Å². The second-order valence-electron chi connectivity index (χ2n) is 5.35. The fraction of sp³-hybridized carbons (Fsp3) is 0.625. The third kappa shape index (κ3) is 4.59. The van der Waals surface area contributed by atoms with Crippen LogP contribution in [0.1, 0.15) is 37.7 Å². The molecule has 0 amide bonds. The highest BCUT2D eigenvalue weighted by atomic mass is 19.1. The minimum Gasteiger partial charge on any atom is -0.378 e. The largest absolute Gasteiger partial charge is 0.378 e. The lowest BCUT2D eigenvalue weighted by Gasteiger charge is -2.25. The molecular weight excluding hydrogens is 241 g/mol. The molecule has 1 aromatic rings. The lowest BCUT2D eigenvalue weighted by molar-refractivity contribution is 0.00869. The predicted molar refractivity (Wildman–Crippen MR) is 75.8 cm³/mol. The molecule has 1 aromatic carbocycles. The van der Waals surface area contributed by atoms with Crippen molar-refractivity contribution in [3.8, 4) is 0 Å². The molecule has 106 valence electrons. The van der Waals surface area contributed by atoms with Crippen LogP contribution in [0.3, 0.4) is 0 Å². The van der Waals surface area contributed by atoms with Gasteiger partial charge in [-0.05, 0) is 57.2 Å². The summed E-state index contributed by atoms with van der Waals surface area (Å²) in [5.41, 5.74) is 0.798. The standard InChI is InChI=1S/C16H24FNO/c1-18-14(9-10-15-7-4-5-11-19-15)12-13-6-2-3-8-16(13)17/h2-3,6,8,14-15,18H,4-5,7,9-12H2,1H3. The summed E-state index contributed by atoms with van der Waals surface area (Å²) < 4.78 is 19.4. The third-order valence-corrected chi connectivity index (χ3v) is 3.94. The first kappa shape index (κ1) is 14.5. The van der Waals surface area contributed by atoms with Crippen LogP contribution in [0.5, 0.6) is 0 Å². The third-order valence-electron chi connectivity index (χ3n) is 3.94. The lowest BCUT2D eigenvalue weighted by atomic mass is 9.97. The maximum absolute atomic E-state index is 13.6. The van der Waals surface area contributed by atoms with Gasteiger partial charge in [0.25, 0.3) is 0 Å². The van der Waals surface area contributed by atoms with Crippen LogP contribution in [0.15, 0.2) is 24.3 Å². The number of nitrogens with one attached hydrogen (secondary N) is 1. The second kappa shape index (κ2) is 7.61. The van der Waals surface area contributed by atoms with Crippen molar-refractivity contribution in [3.05, 3.63) is 35.6 Å². The zero-order valence-corrected chi connectivity index (χ0v) is 11.7. The maximum atomic E-state index is 13.6. The van der Waals surface area contributed by atoms with Crippen LogP contribution in [0.4, 0.5) is 4.39 Å². The monoisotopic (exact) mass is 265 g/mol. The van der Waals surface area contributed by atoms with Gasteiger partial charge in [0.1, 0.15) is 5.82 Å². The van der Waals surface area contributed by atoms with E-state index in [1.54, 1.807) is 6.07 Å². The van der Waals surface area contributed by atoms with Gasteiger partial charge in [0.15, 0.2) is 0 Å². The van der Waals surface area contributed by atoms with E-state index < -0.39 is 0 Å². The molecule has 19 heavy (non-hydrogen) atoms. The summed E-state index contributed by atoms with van der Waals surface area (Å²) in [6.07, 6.45) is 6.91. The summed E-state index contributed by atoms with van der Waals surface area (Å²) in [5.74, 6) is -0.100. The molecular formula is C16H24FNO. The molecule has 2 atom stereocenters. The summed E-state index contributed by atoms with van der Waals surface area (Å²) in [4.78, 5) is 0. The smallest absolute Gasteiger partial charge is 0.126 e. The average molecular weight is 265 g/mol. The van der Waals surface area contributed by atoms with Gasteiger partial charge in [0.05, 0.1) is 6.10 Å². The second-order valence-corrected chi connectivity index (χ2v) is 5.35. The number of ether oxygens (including phenoxy) is 1. The van der Waals surface area contributed by atoms with Gasteiger partial charge < -0.3 is 10.1 Å². The molecule has 0 saturated carbocycles. The molecule has 2 rings (SSSR count). The quantitative estimate of drug-likeness (QED) is 0.852. The molecule has 0 aromatic heterocycles. The Morgan fingerprint density at radius 2 is 2.21 bits per heavy atom. The van der Waals surface area contributed by atoms with E-state index in [2.05, 4.69) is 5.32 Å². The van der Waals surface area contributed by atoms with Crippen LogP contribution in [0.2, 0.25) is 0 Å². The summed E-state index contributed by atoms with van der Waals surface area (Å²) in [7, 11) is 1.95. The van der Waals surface area contributed by atoms with Gasteiger partial charge in [-0.25, -0.2) is 4.39 Å². The molecule has 3 heteroatoms. The van der Waals surface area contributed by atoms with E-state index in [0.717, 1.165) is 31.4 Å². The Balaban J connectivity index is 1.81. The van der Waals surface area contributed by atoms with Crippen molar-refractivity contribution in [1.82, 2.24) is 5.32 Å². The van der Waals surface area contributed by atoms with E-state index in [9.17, 15) is 4.39 Å². The van der Waals surface area contributed by atoms with E-state index in [-0.39, 0.29) is 5.82 Å². The Morgan fingerprint density at radius 3 is 2.89 bits per heavy atom. The molecule has 1 N–H and O–H groups in total. The first-order valence-corrected chi connectivity index (χ1v) is 7.32. The molecule has 1 aliphatic heterocycles. The van der Waals surface area contributed by atoms with Crippen LogP contribution in [0, 0.1) is 5.82 Å². The van der Waals surface area contributed by atoms with Gasteiger partial charge in [-0.15, -0.1) is 0 Å². The summed E-state index contributed by atoms with van der Waals surface area (Å²) >= 11 is 0. The van der Waals surface area contributed by atoms with Crippen molar-refractivity contribution in [2.24, 2.45) is 0 Å². The Kier molecular flexibility index (Phi) is 5.80. The lowest BCUT2D eigenvalue weighted by Crippen LogP contribution is -2.30. The van der Waals surface area contributed by atoms with Crippen molar-refractivity contribution in [1.29, 1.82) is 0 Å². The SMILES string of the molecule is CNC(CCC1CCCCO1)Cc1ccccc1F.